The molecule has 1 amide bonds. The first-order valence-corrected chi connectivity index (χ1v) is 10.2. The molecule has 1 saturated carbocycles. The number of carbonyl (C=O) groups excluding carboxylic acids is 1. The molecule has 24 heavy (non-hydrogen) atoms. The summed E-state index contributed by atoms with van der Waals surface area (Å²) in [6, 6.07) is 0. The van der Waals surface area contributed by atoms with Crippen molar-refractivity contribution in [3.05, 3.63) is 0 Å². The van der Waals surface area contributed by atoms with Gasteiger partial charge in [-0.05, 0) is 25.2 Å². The molecule has 0 unspecified atom stereocenters. The van der Waals surface area contributed by atoms with Crippen LogP contribution in [0.1, 0.15) is 103 Å². The van der Waals surface area contributed by atoms with Gasteiger partial charge in [0.2, 0.25) is 5.91 Å². The average molecular weight is 340 g/mol. The van der Waals surface area contributed by atoms with Gasteiger partial charge in [-0.1, -0.05) is 70.6 Å². The van der Waals surface area contributed by atoms with E-state index in [-0.39, 0.29) is 5.91 Å². The first-order chi connectivity index (χ1) is 11.7. The highest BCUT2D eigenvalue weighted by atomic mass is 16.4. The number of carbonyl (C=O) groups is 2. The van der Waals surface area contributed by atoms with E-state index >= 15 is 0 Å². The minimum Gasteiger partial charge on any atom is -0.481 e. The molecule has 1 aliphatic carbocycles. The van der Waals surface area contributed by atoms with E-state index in [2.05, 4.69) is 5.32 Å². The summed E-state index contributed by atoms with van der Waals surface area (Å²) >= 11 is 0. The van der Waals surface area contributed by atoms with Crippen LogP contribution in [0.15, 0.2) is 0 Å². The third-order valence-electron chi connectivity index (χ3n) is 5.14. The molecular weight excluding hydrogens is 302 g/mol. The zero-order valence-electron chi connectivity index (χ0n) is 15.4. The molecule has 4 nitrogen and oxygen atoms in total. The normalized spacial score (nSPS) is 15.3. The quantitative estimate of drug-likeness (QED) is 0.435. The van der Waals surface area contributed by atoms with Crippen molar-refractivity contribution in [2.45, 2.75) is 103 Å². The first-order valence-electron chi connectivity index (χ1n) is 10.2. The van der Waals surface area contributed by atoms with Crippen molar-refractivity contribution in [1.82, 2.24) is 5.32 Å². The predicted molar refractivity (Wildman–Crippen MR) is 98.0 cm³/mol. The molecule has 1 rings (SSSR count). The molecule has 0 aromatic heterocycles. The molecule has 0 heterocycles. The van der Waals surface area contributed by atoms with Crippen LogP contribution in [0.4, 0.5) is 0 Å². The van der Waals surface area contributed by atoms with Crippen LogP contribution < -0.4 is 5.32 Å². The van der Waals surface area contributed by atoms with Gasteiger partial charge in [-0.3, -0.25) is 9.59 Å². The molecule has 0 bridgehead atoms. The second kappa shape index (κ2) is 14.3. The lowest BCUT2D eigenvalue weighted by Gasteiger charge is -2.20. The summed E-state index contributed by atoms with van der Waals surface area (Å²) in [4.78, 5) is 22.2. The number of hydrogen-bond donors (Lipinski definition) is 2. The zero-order chi connectivity index (χ0) is 17.5. The minimum atomic E-state index is -0.684. The summed E-state index contributed by atoms with van der Waals surface area (Å²) in [5.41, 5.74) is 0. The Morgan fingerprint density at radius 2 is 1.38 bits per heavy atom. The van der Waals surface area contributed by atoms with Gasteiger partial charge in [-0.2, -0.15) is 0 Å². The highest BCUT2D eigenvalue weighted by Crippen LogP contribution is 2.27. The molecule has 0 aromatic carbocycles. The average Bonchev–Trinajstić information content (AvgIpc) is 2.58. The van der Waals surface area contributed by atoms with Crippen LogP contribution in [-0.4, -0.2) is 23.5 Å². The Morgan fingerprint density at radius 1 is 0.792 bits per heavy atom. The smallest absolute Gasteiger partial charge is 0.303 e. The summed E-state index contributed by atoms with van der Waals surface area (Å²) in [5, 5.41) is 11.6. The number of aliphatic carboxylic acids is 1. The summed E-state index contributed by atoms with van der Waals surface area (Å²) in [7, 11) is 0. The van der Waals surface area contributed by atoms with Gasteiger partial charge in [0.25, 0.3) is 0 Å². The van der Waals surface area contributed by atoms with Gasteiger partial charge in [0.05, 0.1) is 0 Å². The van der Waals surface area contributed by atoms with E-state index in [9.17, 15) is 9.59 Å². The van der Waals surface area contributed by atoms with Crippen molar-refractivity contribution >= 4 is 11.9 Å². The number of carboxylic acid groups (broad SMARTS) is 1. The molecule has 2 N–H and O–H groups in total. The van der Waals surface area contributed by atoms with Gasteiger partial charge in [-0.25, -0.2) is 0 Å². The third kappa shape index (κ3) is 12.4. The number of rotatable bonds is 14. The lowest BCUT2D eigenvalue weighted by atomic mass is 9.86. The standard InChI is InChI=1S/C20H37NO3/c22-19(16-15-18-12-8-7-9-13-18)21-17-11-6-4-2-1-3-5-10-14-20(23)24/h18H,1-17H2,(H,21,22)(H,23,24). The van der Waals surface area contributed by atoms with Gasteiger partial charge in [0, 0.05) is 19.4 Å². The maximum Gasteiger partial charge on any atom is 0.303 e. The molecule has 1 fully saturated rings. The van der Waals surface area contributed by atoms with E-state index in [1.54, 1.807) is 0 Å². The van der Waals surface area contributed by atoms with E-state index in [1.807, 2.05) is 0 Å². The van der Waals surface area contributed by atoms with E-state index in [4.69, 9.17) is 5.11 Å². The van der Waals surface area contributed by atoms with E-state index < -0.39 is 5.97 Å². The SMILES string of the molecule is O=C(O)CCCCCCCCCCNC(=O)CCC1CCCCC1. The number of carboxylic acids is 1. The van der Waals surface area contributed by atoms with Gasteiger partial charge >= 0.3 is 5.97 Å². The molecular formula is C20H37NO3. The fourth-order valence-corrected chi connectivity index (χ4v) is 3.59. The molecule has 0 atom stereocenters. The summed E-state index contributed by atoms with van der Waals surface area (Å²) in [5.74, 6) is 0.342. The Hall–Kier alpha value is -1.06. The Labute approximate surface area is 147 Å². The molecule has 0 spiro atoms. The van der Waals surface area contributed by atoms with Crippen molar-refractivity contribution in [1.29, 1.82) is 0 Å². The van der Waals surface area contributed by atoms with Crippen LogP contribution in [0.5, 0.6) is 0 Å². The fourth-order valence-electron chi connectivity index (χ4n) is 3.59. The largest absolute Gasteiger partial charge is 0.481 e. The molecule has 0 saturated heterocycles. The first kappa shape index (κ1) is 21.0. The summed E-state index contributed by atoms with van der Waals surface area (Å²) in [6.45, 7) is 0.822. The fraction of sp³-hybridized carbons (Fsp3) is 0.900. The lowest BCUT2D eigenvalue weighted by molar-refractivity contribution is -0.137. The highest BCUT2D eigenvalue weighted by molar-refractivity contribution is 5.75. The van der Waals surface area contributed by atoms with Crippen molar-refractivity contribution in [2.75, 3.05) is 6.54 Å². The number of unbranched alkanes of at least 4 members (excludes halogenated alkanes) is 7. The van der Waals surface area contributed by atoms with Gasteiger partial charge in [-0.15, -0.1) is 0 Å². The maximum absolute atomic E-state index is 11.8. The van der Waals surface area contributed by atoms with Crippen molar-refractivity contribution in [2.24, 2.45) is 5.92 Å². The maximum atomic E-state index is 11.8. The van der Waals surface area contributed by atoms with Crippen LogP contribution in [-0.2, 0) is 9.59 Å². The zero-order valence-corrected chi connectivity index (χ0v) is 15.4. The van der Waals surface area contributed by atoms with Crippen LogP contribution >= 0.6 is 0 Å². The molecule has 0 aliphatic heterocycles. The minimum absolute atomic E-state index is 0.235. The Balaban J connectivity index is 1.79. The Kier molecular flexibility index (Phi) is 12.5. The van der Waals surface area contributed by atoms with Crippen LogP contribution in [0.2, 0.25) is 0 Å². The van der Waals surface area contributed by atoms with Crippen molar-refractivity contribution < 1.29 is 14.7 Å². The van der Waals surface area contributed by atoms with Gasteiger partial charge in [0.1, 0.15) is 0 Å². The molecule has 1 aliphatic rings. The summed E-state index contributed by atoms with van der Waals surface area (Å²) < 4.78 is 0. The number of amides is 1. The molecule has 0 aromatic rings. The van der Waals surface area contributed by atoms with E-state index in [0.29, 0.717) is 12.8 Å². The summed E-state index contributed by atoms with van der Waals surface area (Å²) in [6.07, 6.45) is 17.7. The van der Waals surface area contributed by atoms with E-state index in [0.717, 1.165) is 44.6 Å². The second-order valence-electron chi connectivity index (χ2n) is 7.36. The third-order valence-corrected chi connectivity index (χ3v) is 5.14. The molecule has 0 radical (unpaired) electrons. The molecule has 140 valence electrons. The van der Waals surface area contributed by atoms with E-state index in [1.165, 1.54) is 57.8 Å². The monoisotopic (exact) mass is 339 g/mol. The molecule has 4 heteroatoms. The topological polar surface area (TPSA) is 66.4 Å². The highest BCUT2D eigenvalue weighted by Gasteiger charge is 2.14. The van der Waals surface area contributed by atoms with Crippen molar-refractivity contribution in [3.8, 4) is 0 Å². The van der Waals surface area contributed by atoms with Crippen LogP contribution in [0.3, 0.4) is 0 Å². The van der Waals surface area contributed by atoms with Crippen molar-refractivity contribution in [3.63, 3.8) is 0 Å². The number of hydrogen-bond acceptors (Lipinski definition) is 2. The van der Waals surface area contributed by atoms with Crippen LogP contribution in [0.25, 0.3) is 0 Å². The number of nitrogens with one attached hydrogen (secondary N) is 1. The lowest BCUT2D eigenvalue weighted by Crippen LogP contribution is -2.25. The predicted octanol–water partition coefficient (Wildman–Crippen LogP) is 5.06. The van der Waals surface area contributed by atoms with Crippen LogP contribution in [0, 0.1) is 5.92 Å². The Morgan fingerprint density at radius 3 is 2.00 bits per heavy atom. The van der Waals surface area contributed by atoms with Gasteiger partial charge in [0.15, 0.2) is 0 Å². The van der Waals surface area contributed by atoms with Gasteiger partial charge < -0.3 is 10.4 Å². The Bertz CT molecular complexity index is 338. The second-order valence-corrected chi connectivity index (χ2v) is 7.36.